The van der Waals surface area contributed by atoms with Crippen LogP contribution in [0.25, 0.3) is 11.2 Å². The number of rotatable bonds is 3. The van der Waals surface area contributed by atoms with Crippen LogP contribution in [0.3, 0.4) is 0 Å². The molecule has 5 heteroatoms. The fourth-order valence-electron chi connectivity index (χ4n) is 4.67. The second-order valence-corrected chi connectivity index (χ2v) is 7.67. The summed E-state index contributed by atoms with van der Waals surface area (Å²) in [5.41, 5.74) is 3.15. The summed E-state index contributed by atoms with van der Waals surface area (Å²) >= 11 is 6.39. The zero-order valence-corrected chi connectivity index (χ0v) is 13.8. The Kier molecular flexibility index (Phi) is 3.07. The van der Waals surface area contributed by atoms with Crippen molar-refractivity contribution in [1.82, 2.24) is 19.3 Å². The Morgan fingerprint density at radius 3 is 2.76 bits per heavy atom. The minimum atomic E-state index is -0.0598. The zero-order valence-electron chi connectivity index (χ0n) is 13.0. The maximum atomic E-state index is 6.39. The minimum absolute atomic E-state index is 0.0598. The van der Waals surface area contributed by atoms with Gasteiger partial charge in [0.25, 0.3) is 0 Å². The van der Waals surface area contributed by atoms with Crippen molar-refractivity contribution in [3.63, 3.8) is 0 Å². The van der Waals surface area contributed by atoms with E-state index in [2.05, 4.69) is 9.67 Å². The van der Waals surface area contributed by atoms with Crippen molar-refractivity contribution in [1.29, 1.82) is 0 Å². The molecule has 2 aliphatic rings. The van der Waals surface area contributed by atoms with Crippen LogP contribution in [-0.2, 0) is 13.6 Å². The van der Waals surface area contributed by atoms with Crippen LogP contribution >= 0.6 is 11.6 Å². The highest BCUT2D eigenvalue weighted by Crippen LogP contribution is 2.49. The van der Waals surface area contributed by atoms with Gasteiger partial charge in [-0.3, -0.25) is 4.68 Å². The number of alkyl halides is 1. The van der Waals surface area contributed by atoms with Crippen LogP contribution in [0.1, 0.15) is 49.5 Å². The second kappa shape index (κ2) is 4.73. The Labute approximate surface area is 130 Å². The molecule has 21 heavy (non-hydrogen) atoms. The number of hydrogen-bond donors (Lipinski definition) is 0. The molecule has 4 atom stereocenters. The molecule has 4 nitrogen and oxygen atoms in total. The number of imidazole rings is 1. The third kappa shape index (κ3) is 2.02. The van der Waals surface area contributed by atoms with Crippen molar-refractivity contribution in [3.8, 4) is 0 Å². The topological polar surface area (TPSA) is 35.6 Å². The van der Waals surface area contributed by atoms with Gasteiger partial charge in [-0.1, -0.05) is 6.42 Å². The molecule has 0 aliphatic heterocycles. The van der Waals surface area contributed by atoms with E-state index < -0.39 is 0 Å². The van der Waals surface area contributed by atoms with Gasteiger partial charge in [0.05, 0.1) is 11.1 Å². The first-order valence-corrected chi connectivity index (χ1v) is 8.52. The molecule has 114 valence electrons. The smallest absolute Gasteiger partial charge is 0.158 e. The average Bonchev–Trinajstić information content (AvgIpc) is 3.14. The Morgan fingerprint density at radius 2 is 2.14 bits per heavy atom. The molecule has 0 saturated heterocycles. The van der Waals surface area contributed by atoms with E-state index in [1.807, 2.05) is 25.6 Å². The summed E-state index contributed by atoms with van der Waals surface area (Å²) in [5.74, 6) is 3.69. The lowest BCUT2D eigenvalue weighted by Gasteiger charge is -2.23. The van der Waals surface area contributed by atoms with Gasteiger partial charge in [0.15, 0.2) is 5.65 Å². The highest BCUT2D eigenvalue weighted by Gasteiger charge is 2.40. The van der Waals surface area contributed by atoms with Gasteiger partial charge in [-0.2, -0.15) is 5.10 Å². The molecule has 2 saturated carbocycles. The molecule has 4 unspecified atom stereocenters. The van der Waals surface area contributed by atoms with E-state index in [0.29, 0.717) is 0 Å². The van der Waals surface area contributed by atoms with E-state index in [9.17, 15) is 0 Å². The van der Waals surface area contributed by atoms with Crippen molar-refractivity contribution >= 4 is 22.8 Å². The highest BCUT2D eigenvalue weighted by molar-refractivity contribution is 6.20. The predicted octanol–water partition coefficient (Wildman–Crippen LogP) is 3.81. The van der Waals surface area contributed by atoms with Crippen LogP contribution in [0.4, 0.5) is 0 Å². The van der Waals surface area contributed by atoms with Gasteiger partial charge < -0.3 is 4.57 Å². The van der Waals surface area contributed by atoms with E-state index in [-0.39, 0.29) is 5.38 Å². The molecular weight excluding hydrogens is 284 g/mol. The lowest BCUT2D eigenvalue weighted by atomic mass is 9.89. The summed E-state index contributed by atoms with van der Waals surface area (Å²) in [6, 6.07) is 0. The fraction of sp³-hybridized carbons (Fsp3) is 0.750. The van der Waals surface area contributed by atoms with Gasteiger partial charge in [0.1, 0.15) is 11.3 Å². The normalized spacial score (nSPS) is 29.6. The first kappa shape index (κ1) is 13.6. The molecule has 2 aromatic heterocycles. The summed E-state index contributed by atoms with van der Waals surface area (Å²) in [5, 5.41) is 4.46. The molecular formula is C16H23ClN4. The zero-order chi connectivity index (χ0) is 14.7. The molecule has 2 heterocycles. The van der Waals surface area contributed by atoms with E-state index in [1.165, 1.54) is 25.7 Å². The monoisotopic (exact) mass is 306 g/mol. The lowest BCUT2D eigenvalue weighted by molar-refractivity contribution is 0.294. The molecule has 4 rings (SSSR count). The third-order valence-electron chi connectivity index (χ3n) is 5.58. The average molecular weight is 307 g/mol. The standard InChI is InChI=1S/C16H23ClN4/c1-9(17)15-18-14-10(2)19-20(3)16(14)21(15)8-13-7-11-4-5-12(13)6-11/h9,11-13H,4-8H2,1-3H3. The van der Waals surface area contributed by atoms with Crippen LogP contribution in [0, 0.1) is 24.7 Å². The number of fused-ring (bicyclic) bond motifs is 3. The lowest BCUT2D eigenvalue weighted by Crippen LogP contribution is -2.20. The van der Waals surface area contributed by atoms with Gasteiger partial charge in [-0.25, -0.2) is 4.98 Å². The Hall–Kier alpha value is -1.03. The van der Waals surface area contributed by atoms with Gasteiger partial charge >= 0.3 is 0 Å². The molecule has 0 N–H and O–H groups in total. The summed E-state index contributed by atoms with van der Waals surface area (Å²) in [6.45, 7) is 5.10. The van der Waals surface area contributed by atoms with Crippen molar-refractivity contribution < 1.29 is 0 Å². The maximum absolute atomic E-state index is 6.39. The first-order chi connectivity index (χ1) is 10.0. The van der Waals surface area contributed by atoms with E-state index >= 15 is 0 Å². The van der Waals surface area contributed by atoms with E-state index in [0.717, 1.165) is 47.0 Å². The molecule has 2 fully saturated rings. The highest BCUT2D eigenvalue weighted by atomic mass is 35.5. The predicted molar refractivity (Wildman–Crippen MR) is 84.4 cm³/mol. The van der Waals surface area contributed by atoms with Crippen molar-refractivity contribution in [2.75, 3.05) is 0 Å². The van der Waals surface area contributed by atoms with Crippen LogP contribution < -0.4 is 0 Å². The summed E-state index contributed by atoms with van der Waals surface area (Å²) < 4.78 is 4.31. The van der Waals surface area contributed by atoms with Crippen molar-refractivity contribution in [2.24, 2.45) is 24.8 Å². The van der Waals surface area contributed by atoms with Crippen LogP contribution in [0.2, 0.25) is 0 Å². The molecule has 0 aromatic carbocycles. The summed E-state index contributed by atoms with van der Waals surface area (Å²) in [4.78, 5) is 4.78. The summed E-state index contributed by atoms with van der Waals surface area (Å²) in [6.07, 6.45) is 5.70. The first-order valence-electron chi connectivity index (χ1n) is 8.08. The van der Waals surface area contributed by atoms with Gasteiger partial charge in [-0.05, 0) is 50.9 Å². The SMILES string of the molecule is Cc1nn(C)c2c1nc(C(C)Cl)n2CC1CC2CCC1C2. The molecule has 2 aromatic rings. The van der Waals surface area contributed by atoms with Crippen LogP contribution in [0.5, 0.6) is 0 Å². The Bertz CT molecular complexity index is 684. The van der Waals surface area contributed by atoms with Gasteiger partial charge in [0.2, 0.25) is 0 Å². The van der Waals surface area contributed by atoms with Crippen LogP contribution in [-0.4, -0.2) is 19.3 Å². The number of halogens is 1. The molecule has 2 bridgehead atoms. The molecule has 0 radical (unpaired) electrons. The van der Waals surface area contributed by atoms with E-state index in [1.54, 1.807) is 0 Å². The quantitative estimate of drug-likeness (QED) is 0.808. The number of nitrogens with zero attached hydrogens (tertiary/aromatic N) is 4. The minimum Gasteiger partial charge on any atom is -0.311 e. The van der Waals surface area contributed by atoms with E-state index in [4.69, 9.17) is 16.6 Å². The number of aromatic nitrogens is 4. The van der Waals surface area contributed by atoms with Crippen LogP contribution in [0.15, 0.2) is 0 Å². The maximum Gasteiger partial charge on any atom is 0.158 e. The Balaban J connectivity index is 1.77. The van der Waals surface area contributed by atoms with Gasteiger partial charge in [-0.15, -0.1) is 11.6 Å². The number of hydrogen-bond acceptors (Lipinski definition) is 2. The molecule has 0 amide bonds. The Morgan fingerprint density at radius 1 is 1.33 bits per heavy atom. The second-order valence-electron chi connectivity index (χ2n) is 7.01. The largest absolute Gasteiger partial charge is 0.311 e. The molecule has 2 aliphatic carbocycles. The fourth-order valence-corrected chi connectivity index (χ4v) is 4.84. The van der Waals surface area contributed by atoms with Gasteiger partial charge in [0, 0.05) is 13.6 Å². The van der Waals surface area contributed by atoms with Crippen molar-refractivity contribution in [3.05, 3.63) is 11.5 Å². The molecule has 0 spiro atoms. The van der Waals surface area contributed by atoms with Crippen molar-refractivity contribution in [2.45, 2.75) is 51.5 Å². The summed E-state index contributed by atoms with van der Waals surface area (Å²) in [7, 11) is 2.01. The number of aryl methyl sites for hydroxylation is 2. The third-order valence-corrected chi connectivity index (χ3v) is 5.77.